The van der Waals surface area contributed by atoms with Crippen LogP contribution >= 0.6 is 0 Å². The molecule has 0 aromatic carbocycles. The quantitative estimate of drug-likeness (QED) is 0.752. The third-order valence-corrected chi connectivity index (χ3v) is 3.72. The summed E-state index contributed by atoms with van der Waals surface area (Å²) in [6, 6.07) is 0. The summed E-state index contributed by atoms with van der Waals surface area (Å²) in [5, 5.41) is 8.77. The molecule has 0 heterocycles. The van der Waals surface area contributed by atoms with Crippen LogP contribution in [0.25, 0.3) is 0 Å². The van der Waals surface area contributed by atoms with Crippen LogP contribution < -0.4 is 0 Å². The standard InChI is InChI=1S/C12H22O2/c1-3-10-6-4-5-7-11(10)9(2)8-12(13)14/h9-11H,3-8H2,1-2H3,(H,13,14). The van der Waals surface area contributed by atoms with Gasteiger partial charge in [0.25, 0.3) is 0 Å². The molecule has 14 heavy (non-hydrogen) atoms. The van der Waals surface area contributed by atoms with Gasteiger partial charge in [0, 0.05) is 6.42 Å². The highest BCUT2D eigenvalue weighted by Gasteiger charge is 2.29. The first kappa shape index (κ1) is 11.5. The van der Waals surface area contributed by atoms with E-state index in [1.54, 1.807) is 0 Å². The minimum absolute atomic E-state index is 0.348. The van der Waals surface area contributed by atoms with E-state index in [1.165, 1.54) is 32.1 Å². The van der Waals surface area contributed by atoms with Crippen LogP contribution in [0.4, 0.5) is 0 Å². The number of carbonyl (C=O) groups is 1. The van der Waals surface area contributed by atoms with Crippen molar-refractivity contribution in [3.63, 3.8) is 0 Å². The zero-order valence-electron chi connectivity index (χ0n) is 9.33. The summed E-state index contributed by atoms with van der Waals surface area (Å²) in [4.78, 5) is 10.6. The molecule has 0 saturated heterocycles. The highest BCUT2D eigenvalue weighted by atomic mass is 16.4. The molecule has 1 fully saturated rings. The van der Waals surface area contributed by atoms with Gasteiger partial charge in [-0.15, -0.1) is 0 Å². The zero-order valence-corrected chi connectivity index (χ0v) is 9.33. The Hall–Kier alpha value is -0.530. The molecule has 1 rings (SSSR count). The predicted molar refractivity (Wildman–Crippen MR) is 57.2 cm³/mol. The van der Waals surface area contributed by atoms with Gasteiger partial charge in [-0.3, -0.25) is 4.79 Å². The number of aliphatic carboxylic acids is 1. The minimum Gasteiger partial charge on any atom is -0.481 e. The lowest BCUT2D eigenvalue weighted by atomic mass is 9.71. The minimum atomic E-state index is -0.641. The maximum atomic E-state index is 10.6. The van der Waals surface area contributed by atoms with Gasteiger partial charge in [-0.1, -0.05) is 39.5 Å². The molecule has 3 atom stereocenters. The summed E-state index contributed by atoms with van der Waals surface area (Å²) in [5.41, 5.74) is 0. The Kier molecular flexibility index (Phi) is 4.43. The monoisotopic (exact) mass is 198 g/mol. The molecule has 2 nitrogen and oxygen atoms in total. The van der Waals surface area contributed by atoms with E-state index in [0.29, 0.717) is 18.3 Å². The van der Waals surface area contributed by atoms with Crippen molar-refractivity contribution >= 4 is 5.97 Å². The number of carboxylic acids is 1. The summed E-state index contributed by atoms with van der Waals surface area (Å²) in [7, 11) is 0. The van der Waals surface area contributed by atoms with Crippen molar-refractivity contribution in [3.8, 4) is 0 Å². The van der Waals surface area contributed by atoms with Crippen molar-refractivity contribution in [1.82, 2.24) is 0 Å². The molecule has 0 amide bonds. The van der Waals surface area contributed by atoms with Crippen LogP contribution in [0.15, 0.2) is 0 Å². The number of hydrogen-bond acceptors (Lipinski definition) is 1. The number of carboxylic acid groups (broad SMARTS) is 1. The Labute approximate surface area is 86.7 Å². The van der Waals surface area contributed by atoms with Crippen molar-refractivity contribution in [2.75, 3.05) is 0 Å². The van der Waals surface area contributed by atoms with E-state index in [2.05, 4.69) is 13.8 Å². The fraction of sp³-hybridized carbons (Fsp3) is 0.917. The summed E-state index contributed by atoms with van der Waals surface area (Å²) >= 11 is 0. The molecule has 0 aliphatic heterocycles. The summed E-state index contributed by atoms with van der Waals surface area (Å²) < 4.78 is 0. The van der Waals surface area contributed by atoms with Crippen LogP contribution in [0, 0.1) is 17.8 Å². The molecule has 3 unspecified atom stereocenters. The van der Waals surface area contributed by atoms with Crippen molar-refractivity contribution in [3.05, 3.63) is 0 Å². The van der Waals surface area contributed by atoms with Gasteiger partial charge in [0.2, 0.25) is 0 Å². The van der Waals surface area contributed by atoms with Gasteiger partial charge in [-0.05, 0) is 24.2 Å². The van der Waals surface area contributed by atoms with Gasteiger partial charge >= 0.3 is 5.97 Å². The molecule has 0 aromatic rings. The summed E-state index contributed by atoms with van der Waals surface area (Å²) in [6.45, 7) is 4.34. The molecule has 1 aliphatic rings. The molecule has 0 spiro atoms. The average molecular weight is 198 g/mol. The number of hydrogen-bond donors (Lipinski definition) is 1. The molecule has 1 aliphatic carbocycles. The fourth-order valence-corrected chi connectivity index (χ4v) is 2.92. The molecule has 0 radical (unpaired) electrons. The fourth-order valence-electron chi connectivity index (χ4n) is 2.92. The van der Waals surface area contributed by atoms with Gasteiger partial charge in [-0.25, -0.2) is 0 Å². The Morgan fingerprint density at radius 2 is 2.07 bits per heavy atom. The van der Waals surface area contributed by atoms with Crippen LogP contribution in [0.1, 0.15) is 52.4 Å². The van der Waals surface area contributed by atoms with E-state index in [1.807, 2.05) is 0 Å². The topological polar surface area (TPSA) is 37.3 Å². The summed E-state index contributed by atoms with van der Waals surface area (Å²) in [5.74, 6) is 1.15. The molecule has 82 valence electrons. The molecular formula is C12H22O2. The van der Waals surface area contributed by atoms with E-state index in [9.17, 15) is 4.79 Å². The lowest BCUT2D eigenvalue weighted by Crippen LogP contribution is -2.26. The largest absolute Gasteiger partial charge is 0.481 e. The van der Waals surface area contributed by atoms with E-state index in [0.717, 1.165) is 5.92 Å². The number of rotatable bonds is 4. The second kappa shape index (κ2) is 5.38. The predicted octanol–water partition coefficient (Wildman–Crippen LogP) is 3.31. The van der Waals surface area contributed by atoms with Crippen molar-refractivity contribution in [2.24, 2.45) is 17.8 Å². The van der Waals surface area contributed by atoms with Gasteiger partial charge in [0.1, 0.15) is 0 Å². The highest BCUT2D eigenvalue weighted by Crippen LogP contribution is 2.38. The lowest BCUT2D eigenvalue weighted by Gasteiger charge is -2.34. The smallest absolute Gasteiger partial charge is 0.303 e. The third-order valence-electron chi connectivity index (χ3n) is 3.72. The Morgan fingerprint density at radius 1 is 1.43 bits per heavy atom. The van der Waals surface area contributed by atoms with Crippen molar-refractivity contribution < 1.29 is 9.90 Å². The van der Waals surface area contributed by atoms with Crippen molar-refractivity contribution in [2.45, 2.75) is 52.4 Å². The SMILES string of the molecule is CCC1CCCCC1C(C)CC(=O)O. The van der Waals surface area contributed by atoms with E-state index in [-0.39, 0.29) is 0 Å². The van der Waals surface area contributed by atoms with E-state index < -0.39 is 5.97 Å². The van der Waals surface area contributed by atoms with Crippen LogP contribution in [0.3, 0.4) is 0 Å². The Balaban J connectivity index is 2.49. The molecule has 2 heteroatoms. The van der Waals surface area contributed by atoms with E-state index >= 15 is 0 Å². The first-order chi connectivity index (χ1) is 6.65. The van der Waals surface area contributed by atoms with Crippen LogP contribution in [0.5, 0.6) is 0 Å². The van der Waals surface area contributed by atoms with Crippen LogP contribution in [-0.2, 0) is 4.79 Å². The normalized spacial score (nSPS) is 29.9. The zero-order chi connectivity index (χ0) is 10.6. The maximum absolute atomic E-state index is 10.6. The Morgan fingerprint density at radius 3 is 2.64 bits per heavy atom. The summed E-state index contributed by atoms with van der Waals surface area (Å²) in [6.07, 6.45) is 6.76. The average Bonchev–Trinajstić information content (AvgIpc) is 2.16. The van der Waals surface area contributed by atoms with Gasteiger partial charge in [0.15, 0.2) is 0 Å². The molecule has 0 aromatic heterocycles. The van der Waals surface area contributed by atoms with Gasteiger partial charge < -0.3 is 5.11 Å². The van der Waals surface area contributed by atoms with Gasteiger partial charge in [-0.2, -0.15) is 0 Å². The second-order valence-corrected chi connectivity index (χ2v) is 4.69. The van der Waals surface area contributed by atoms with Crippen LogP contribution in [0.2, 0.25) is 0 Å². The van der Waals surface area contributed by atoms with Crippen LogP contribution in [-0.4, -0.2) is 11.1 Å². The first-order valence-corrected chi connectivity index (χ1v) is 5.87. The first-order valence-electron chi connectivity index (χ1n) is 5.87. The van der Waals surface area contributed by atoms with Gasteiger partial charge in [0.05, 0.1) is 0 Å². The molecule has 1 saturated carbocycles. The molecular weight excluding hydrogens is 176 g/mol. The second-order valence-electron chi connectivity index (χ2n) is 4.69. The van der Waals surface area contributed by atoms with Crippen molar-refractivity contribution in [1.29, 1.82) is 0 Å². The lowest BCUT2D eigenvalue weighted by molar-refractivity contribution is -0.138. The Bertz CT molecular complexity index is 189. The molecule has 0 bridgehead atoms. The maximum Gasteiger partial charge on any atom is 0.303 e. The third kappa shape index (κ3) is 3.00. The highest BCUT2D eigenvalue weighted by molar-refractivity contribution is 5.67. The molecule has 1 N–H and O–H groups in total. The van der Waals surface area contributed by atoms with E-state index in [4.69, 9.17) is 5.11 Å².